The van der Waals surface area contributed by atoms with Crippen LogP contribution in [0.25, 0.3) is 0 Å². The molecule has 1 aromatic carbocycles. The minimum Gasteiger partial charge on any atom is -0.478 e. The summed E-state index contributed by atoms with van der Waals surface area (Å²) in [4.78, 5) is 13.0. The average Bonchev–Trinajstić information content (AvgIpc) is 2.39. The van der Waals surface area contributed by atoms with E-state index >= 15 is 0 Å². The first-order chi connectivity index (χ1) is 9.47. The molecule has 110 valence electrons. The summed E-state index contributed by atoms with van der Waals surface area (Å²) >= 11 is 0. The third kappa shape index (κ3) is 3.57. The molecule has 1 N–H and O–H groups in total. The SMILES string of the molecule is CC1CCC(N(C)Cc2ccc(C(=O)O)c(F)c2)CC1. The van der Waals surface area contributed by atoms with Gasteiger partial charge in [0.25, 0.3) is 0 Å². The summed E-state index contributed by atoms with van der Waals surface area (Å²) in [6.45, 7) is 2.95. The van der Waals surface area contributed by atoms with Gasteiger partial charge in [-0.05, 0) is 56.3 Å². The number of aromatic carboxylic acids is 1. The Morgan fingerprint density at radius 2 is 2.00 bits per heavy atom. The van der Waals surface area contributed by atoms with Crippen molar-refractivity contribution in [3.8, 4) is 0 Å². The third-order valence-electron chi connectivity index (χ3n) is 4.30. The molecule has 0 bridgehead atoms. The van der Waals surface area contributed by atoms with Crippen molar-refractivity contribution in [1.29, 1.82) is 0 Å². The Kier molecular flexibility index (Phi) is 4.76. The number of hydrogen-bond acceptors (Lipinski definition) is 2. The van der Waals surface area contributed by atoms with Crippen LogP contribution in [0.3, 0.4) is 0 Å². The second-order valence-electron chi connectivity index (χ2n) is 5.95. The topological polar surface area (TPSA) is 40.5 Å². The molecule has 1 aliphatic carbocycles. The van der Waals surface area contributed by atoms with Crippen molar-refractivity contribution < 1.29 is 14.3 Å². The van der Waals surface area contributed by atoms with Gasteiger partial charge in [0, 0.05) is 12.6 Å². The first kappa shape index (κ1) is 15.0. The molecule has 1 aliphatic rings. The van der Waals surface area contributed by atoms with Crippen molar-refractivity contribution in [3.63, 3.8) is 0 Å². The van der Waals surface area contributed by atoms with Gasteiger partial charge in [0.2, 0.25) is 0 Å². The highest BCUT2D eigenvalue weighted by molar-refractivity contribution is 5.87. The molecule has 0 heterocycles. The summed E-state index contributed by atoms with van der Waals surface area (Å²) in [5, 5.41) is 8.82. The fraction of sp³-hybridized carbons (Fsp3) is 0.562. The van der Waals surface area contributed by atoms with Gasteiger partial charge in [-0.15, -0.1) is 0 Å². The highest BCUT2D eigenvalue weighted by Gasteiger charge is 2.22. The number of carbonyl (C=O) groups is 1. The molecule has 0 amide bonds. The number of carboxylic acid groups (broad SMARTS) is 1. The summed E-state index contributed by atoms with van der Waals surface area (Å²) in [5.74, 6) is -1.06. The van der Waals surface area contributed by atoms with Crippen LogP contribution in [-0.2, 0) is 6.54 Å². The molecule has 0 saturated heterocycles. The maximum atomic E-state index is 13.6. The fourth-order valence-corrected chi connectivity index (χ4v) is 2.93. The normalized spacial score (nSPS) is 23.0. The molecule has 0 aliphatic heterocycles. The zero-order valence-corrected chi connectivity index (χ0v) is 12.1. The largest absolute Gasteiger partial charge is 0.478 e. The molecular formula is C16H22FNO2. The fourth-order valence-electron chi connectivity index (χ4n) is 2.93. The molecule has 0 spiro atoms. The van der Waals surface area contributed by atoms with Crippen LogP contribution in [0.5, 0.6) is 0 Å². The van der Waals surface area contributed by atoms with Crippen LogP contribution in [-0.4, -0.2) is 29.1 Å². The van der Waals surface area contributed by atoms with Gasteiger partial charge in [-0.3, -0.25) is 4.90 Å². The van der Waals surface area contributed by atoms with Gasteiger partial charge in [0.1, 0.15) is 5.82 Å². The van der Waals surface area contributed by atoms with Gasteiger partial charge in [-0.1, -0.05) is 13.0 Å². The van der Waals surface area contributed by atoms with E-state index in [1.165, 1.54) is 37.8 Å². The molecule has 2 rings (SSSR count). The highest BCUT2D eigenvalue weighted by Crippen LogP contribution is 2.27. The number of nitrogens with zero attached hydrogens (tertiary/aromatic N) is 1. The Morgan fingerprint density at radius 3 is 2.55 bits per heavy atom. The molecule has 0 unspecified atom stereocenters. The van der Waals surface area contributed by atoms with E-state index in [-0.39, 0.29) is 5.56 Å². The summed E-state index contributed by atoms with van der Waals surface area (Å²) in [6, 6.07) is 4.94. The average molecular weight is 279 g/mol. The number of carboxylic acids is 1. The minimum absolute atomic E-state index is 0.261. The highest BCUT2D eigenvalue weighted by atomic mass is 19.1. The molecule has 0 aromatic heterocycles. The Morgan fingerprint density at radius 1 is 1.35 bits per heavy atom. The van der Waals surface area contributed by atoms with Crippen molar-refractivity contribution in [1.82, 2.24) is 4.90 Å². The summed E-state index contributed by atoms with van der Waals surface area (Å²) in [7, 11) is 2.06. The quantitative estimate of drug-likeness (QED) is 0.916. The number of rotatable bonds is 4. The first-order valence-corrected chi connectivity index (χ1v) is 7.19. The van der Waals surface area contributed by atoms with E-state index in [4.69, 9.17) is 5.11 Å². The molecule has 1 fully saturated rings. The Hall–Kier alpha value is -1.42. The van der Waals surface area contributed by atoms with Crippen molar-refractivity contribution >= 4 is 5.97 Å². The van der Waals surface area contributed by atoms with Gasteiger partial charge < -0.3 is 5.11 Å². The molecule has 1 saturated carbocycles. The third-order valence-corrected chi connectivity index (χ3v) is 4.30. The van der Waals surface area contributed by atoms with Gasteiger partial charge in [0.15, 0.2) is 0 Å². The second-order valence-corrected chi connectivity index (χ2v) is 5.95. The lowest BCUT2D eigenvalue weighted by Gasteiger charge is -2.33. The van der Waals surface area contributed by atoms with Gasteiger partial charge in [-0.25, -0.2) is 9.18 Å². The maximum absolute atomic E-state index is 13.6. The lowest BCUT2D eigenvalue weighted by molar-refractivity contribution is 0.0692. The first-order valence-electron chi connectivity index (χ1n) is 7.19. The van der Waals surface area contributed by atoms with Gasteiger partial charge in [-0.2, -0.15) is 0 Å². The van der Waals surface area contributed by atoms with Crippen molar-refractivity contribution in [2.45, 2.75) is 45.2 Å². The Labute approximate surface area is 119 Å². The van der Waals surface area contributed by atoms with Crippen LogP contribution in [0, 0.1) is 11.7 Å². The minimum atomic E-state index is -1.22. The number of hydrogen-bond donors (Lipinski definition) is 1. The lowest BCUT2D eigenvalue weighted by Crippen LogP contribution is -2.34. The summed E-state index contributed by atoms with van der Waals surface area (Å²) in [5.41, 5.74) is 0.566. The van der Waals surface area contributed by atoms with Crippen LogP contribution >= 0.6 is 0 Å². The van der Waals surface area contributed by atoms with Crippen LogP contribution < -0.4 is 0 Å². The van der Waals surface area contributed by atoms with Crippen molar-refractivity contribution in [3.05, 3.63) is 35.1 Å². The molecule has 20 heavy (non-hydrogen) atoms. The standard InChI is InChI=1S/C16H22FNO2/c1-11-3-6-13(7-4-11)18(2)10-12-5-8-14(16(19)20)15(17)9-12/h5,8-9,11,13H,3-4,6-7,10H2,1-2H3,(H,19,20). The van der Waals surface area contributed by atoms with Crippen molar-refractivity contribution in [2.75, 3.05) is 7.05 Å². The second kappa shape index (κ2) is 6.35. The number of benzene rings is 1. The Bertz CT molecular complexity index is 481. The lowest BCUT2D eigenvalue weighted by atomic mass is 9.86. The van der Waals surface area contributed by atoms with E-state index in [1.807, 2.05) is 0 Å². The predicted octanol–water partition coefficient (Wildman–Crippen LogP) is 3.53. The van der Waals surface area contributed by atoms with Crippen LogP contribution in [0.15, 0.2) is 18.2 Å². The van der Waals surface area contributed by atoms with E-state index in [1.54, 1.807) is 6.07 Å². The molecule has 0 atom stereocenters. The van der Waals surface area contributed by atoms with Crippen LogP contribution in [0.4, 0.5) is 4.39 Å². The van der Waals surface area contributed by atoms with Crippen LogP contribution in [0.1, 0.15) is 48.5 Å². The molecule has 3 nitrogen and oxygen atoms in total. The van der Waals surface area contributed by atoms with Gasteiger partial charge >= 0.3 is 5.97 Å². The number of halogens is 1. The zero-order chi connectivity index (χ0) is 14.7. The van der Waals surface area contributed by atoms with Crippen LogP contribution in [0.2, 0.25) is 0 Å². The van der Waals surface area contributed by atoms with Gasteiger partial charge in [0.05, 0.1) is 5.56 Å². The monoisotopic (exact) mass is 279 g/mol. The van der Waals surface area contributed by atoms with E-state index in [9.17, 15) is 9.18 Å². The molecular weight excluding hydrogens is 257 g/mol. The van der Waals surface area contributed by atoms with E-state index in [0.29, 0.717) is 12.6 Å². The molecule has 0 radical (unpaired) electrons. The van der Waals surface area contributed by atoms with Crippen molar-refractivity contribution in [2.24, 2.45) is 5.92 Å². The molecule has 1 aromatic rings. The van der Waals surface area contributed by atoms with E-state index in [2.05, 4.69) is 18.9 Å². The molecule has 4 heteroatoms. The summed E-state index contributed by atoms with van der Waals surface area (Å²) in [6.07, 6.45) is 4.88. The van der Waals surface area contributed by atoms with E-state index < -0.39 is 11.8 Å². The smallest absolute Gasteiger partial charge is 0.338 e. The zero-order valence-electron chi connectivity index (χ0n) is 12.1. The maximum Gasteiger partial charge on any atom is 0.338 e. The predicted molar refractivity (Wildman–Crippen MR) is 76.2 cm³/mol. The van der Waals surface area contributed by atoms with E-state index in [0.717, 1.165) is 11.5 Å². The Balaban J connectivity index is 1.99. The summed E-state index contributed by atoms with van der Waals surface area (Å²) < 4.78 is 13.6.